The molecule has 27 heavy (non-hydrogen) atoms. The third-order valence-electron chi connectivity index (χ3n) is 3.81. The van der Waals surface area contributed by atoms with E-state index in [0.717, 1.165) is 5.69 Å². The first-order chi connectivity index (χ1) is 13.0. The molecule has 1 heterocycles. The van der Waals surface area contributed by atoms with Crippen molar-refractivity contribution in [1.82, 2.24) is 9.97 Å². The van der Waals surface area contributed by atoms with Crippen LogP contribution >= 0.6 is 0 Å². The summed E-state index contributed by atoms with van der Waals surface area (Å²) in [4.78, 5) is 31.9. The second-order valence-electron chi connectivity index (χ2n) is 5.73. The molecule has 3 aromatic rings. The summed E-state index contributed by atoms with van der Waals surface area (Å²) < 4.78 is 5.09. The van der Waals surface area contributed by atoms with Crippen LogP contribution in [0.1, 0.15) is 27.8 Å². The third kappa shape index (κ3) is 4.66. The van der Waals surface area contributed by atoms with Crippen LogP contribution in [0.5, 0.6) is 5.75 Å². The Morgan fingerprint density at radius 2 is 1.59 bits per heavy atom. The van der Waals surface area contributed by atoms with Crippen LogP contribution in [-0.4, -0.2) is 28.8 Å². The molecule has 0 bridgehead atoms. The highest BCUT2D eigenvalue weighted by atomic mass is 16.5. The van der Waals surface area contributed by atoms with Crippen LogP contribution in [0.4, 0.5) is 17.2 Å². The van der Waals surface area contributed by atoms with Gasteiger partial charge in [0, 0.05) is 23.0 Å². The van der Waals surface area contributed by atoms with Gasteiger partial charge in [-0.15, -0.1) is 0 Å². The first-order valence-corrected chi connectivity index (χ1v) is 8.20. The highest BCUT2D eigenvalue weighted by molar-refractivity contribution is 6.03. The highest BCUT2D eigenvalue weighted by Crippen LogP contribution is 2.18. The summed E-state index contributed by atoms with van der Waals surface area (Å²) >= 11 is 0. The van der Waals surface area contributed by atoms with Crippen LogP contribution in [0.3, 0.4) is 0 Å². The predicted molar refractivity (Wildman–Crippen MR) is 103 cm³/mol. The van der Waals surface area contributed by atoms with E-state index in [1.807, 2.05) is 0 Å². The Kier molecular flexibility index (Phi) is 5.41. The molecule has 2 N–H and O–H groups in total. The predicted octanol–water partition coefficient (Wildman–Crippen LogP) is 3.68. The zero-order valence-electron chi connectivity index (χ0n) is 14.9. The molecular formula is C20H18N4O3. The first-order valence-electron chi connectivity index (χ1n) is 8.20. The summed E-state index contributed by atoms with van der Waals surface area (Å²) in [7, 11) is 1.58. The van der Waals surface area contributed by atoms with Gasteiger partial charge in [-0.3, -0.25) is 9.59 Å². The fourth-order valence-electron chi connectivity index (χ4n) is 2.36. The Hall–Kier alpha value is -3.74. The van der Waals surface area contributed by atoms with Gasteiger partial charge in [-0.1, -0.05) is 0 Å². The number of nitrogens with zero attached hydrogens (tertiary/aromatic N) is 2. The second-order valence-corrected chi connectivity index (χ2v) is 5.73. The van der Waals surface area contributed by atoms with Gasteiger partial charge in [0.1, 0.15) is 23.6 Å². The number of aromatic nitrogens is 2. The van der Waals surface area contributed by atoms with E-state index < -0.39 is 0 Å². The van der Waals surface area contributed by atoms with Crippen molar-refractivity contribution in [1.29, 1.82) is 0 Å². The zero-order valence-corrected chi connectivity index (χ0v) is 14.9. The Morgan fingerprint density at radius 1 is 0.926 bits per heavy atom. The van der Waals surface area contributed by atoms with E-state index in [1.54, 1.807) is 61.7 Å². The Balaban J connectivity index is 1.70. The molecule has 0 spiro atoms. The molecule has 1 amide bonds. The van der Waals surface area contributed by atoms with Crippen molar-refractivity contribution < 1.29 is 14.3 Å². The van der Waals surface area contributed by atoms with Crippen LogP contribution in [0.25, 0.3) is 0 Å². The van der Waals surface area contributed by atoms with Crippen LogP contribution in [0.15, 0.2) is 60.9 Å². The lowest BCUT2D eigenvalue weighted by atomic mass is 10.1. The molecular weight excluding hydrogens is 344 g/mol. The molecule has 0 saturated carbocycles. The maximum Gasteiger partial charge on any atom is 0.274 e. The van der Waals surface area contributed by atoms with Gasteiger partial charge in [0.15, 0.2) is 5.78 Å². The lowest BCUT2D eigenvalue weighted by Gasteiger charge is -2.08. The van der Waals surface area contributed by atoms with Crippen molar-refractivity contribution >= 4 is 28.9 Å². The van der Waals surface area contributed by atoms with Gasteiger partial charge in [0.05, 0.1) is 7.11 Å². The van der Waals surface area contributed by atoms with Crippen molar-refractivity contribution in [2.45, 2.75) is 6.92 Å². The van der Waals surface area contributed by atoms with Gasteiger partial charge in [-0.25, -0.2) is 9.97 Å². The van der Waals surface area contributed by atoms with E-state index in [2.05, 4.69) is 20.6 Å². The van der Waals surface area contributed by atoms with Crippen molar-refractivity contribution in [3.05, 3.63) is 72.2 Å². The molecule has 7 heteroatoms. The number of hydrogen-bond donors (Lipinski definition) is 2. The van der Waals surface area contributed by atoms with Gasteiger partial charge in [-0.05, 0) is 55.5 Å². The van der Waals surface area contributed by atoms with E-state index in [-0.39, 0.29) is 17.4 Å². The number of anilines is 3. The molecule has 2 aromatic carbocycles. The Labute approximate surface area is 156 Å². The second kappa shape index (κ2) is 8.09. The van der Waals surface area contributed by atoms with Gasteiger partial charge in [0.25, 0.3) is 5.91 Å². The van der Waals surface area contributed by atoms with E-state index in [9.17, 15) is 9.59 Å². The number of carbonyl (C=O) groups is 2. The average molecular weight is 362 g/mol. The van der Waals surface area contributed by atoms with E-state index in [0.29, 0.717) is 22.8 Å². The highest BCUT2D eigenvalue weighted by Gasteiger charge is 2.10. The summed E-state index contributed by atoms with van der Waals surface area (Å²) in [5.74, 6) is 0.830. The number of benzene rings is 2. The van der Waals surface area contributed by atoms with Crippen molar-refractivity contribution in [2.24, 2.45) is 0 Å². The average Bonchev–Trinajstić information content (AvgIpc) is 2.69. The largest absolute Gasteiger partial charge is 0.497 e. The quantitative estimate of drug-likeness (QED) is 0.650. The maximum atomic E-state index is 12.4. The van der Waals surface area contributed by atoms with Gasteiger partial charge in [0.2, 0.25) is 0 Å². The number of ketones is 1. The smallest absolute Gasteiger partial charge is 0.274 e. The molecule has 0 fully saturated rings. The van der Waals surface area contributed by atoms with Crippen molar-refractivity contribution in [2.75, 3.05) is 17.7 Å². The molecule has 0 aliphatic rings. The first kappa shape index (κ1) is 18.1. The number of amides is 1. The summed E-state index contributed by atoms with van der Waals surface area (Å²) in [5, 5.41) is 5.86. The molecule has 7 nitrogen and oxygen atoms in total. The maximum absolute atomic E-state index is 12.4. The zero-order chi connectivity index (χ0) is 19.2. The number of hydrogen-bond acceptors (Lipinski definition) is 6. The number of rotatable bonds is 6. The Bertz CT molecular complexity index is 954. The minimum absolute atomic E-state index is 0.000996. The summed E-state index contributed by atoms with van der Waals surface area (Å²) in [5.41, 5.74) is 2.24. The van der Waals surface area contributed by atoms with E-state index in [4.69, 9.17) is 4.74 Å². The fraction of sp³-hybridized carbons (Fsp3) is 0.100. The molecule has 0 unspecified atom stereocenters. The summed E-state index contributed by atoms with van der Waals surface area (Å²) in [6.07, 6.45) is 1.31. The fourth-order valence-corrected chi connectivity index (χ4v) is 2.36. The molecule has 0 aliphatic carbocycles. The summed E-state index contributed by atoms with van der Waals surface area (Å²) in [6.45, 7) is 1.51. The van der Waals surface area contributed by atoms with E-state index >= 15 is 0 Å². The lowest BCUT2D eigenvalue weighted by Crippen LogP contribution is -2.14. The molecule has 136 valence electrons. The van der Waals surface area contributed by atoms with Crippen molar-refractivity contribution in [3.8, 4) is 5.75 Å². The number of nitrogens with one attached hydrogen (secondary N) is 2. The van der Waals surface area contributed by atoms with Crippen LogP contribution in [0.2, 0.25) is 0 Å². The SMILES string of the molecule is COc1ccc(NC(=O)c2cc(Nc3ccc(C(C)=O)cc3)ncn2)cc1. The van der Waals surface area contributed by atoms with Gasteiger partial charge in [-0.2, -0.15) is 0 Å². The minimum Gasteiger partial charge on any atom is -0.497 e. The topological polar surface area (TPSA) is 93.2 Å². The van der Waals surface area contributed by atoms with Crippen LogP contribution in [-0.2, 0) is 0 Å². The van der Waals surface area contributed by atoms with Gasteiger partial charge >= 0.3 is 0 Å². The van der Waals surface area contributed by atoms with Crippen LogP contribution < -0.4 is 15.4 Å². The normalized spacial score (nSPS) is 10.1. The minimum atomic E-state index is -0.349. The molecule has 0 saturated heterocycles. The molecule has 0 atom stereocenters. The molecule has 1 aromatic heterocycles. The van der Waals surface area contributed by atoms with Crippen molar-refractivity contribution in [3.63, 3.8) is 0 Å². The molecule has 0 radical (unpaired) electrons. The number of methoxy groups -OCH3 is 1. The molecule has 0 aliphatic heterocycles. The monoisotopic (exact) mass is 362 g/mol. The Morgan fingerprint density at radius 3 is 2.22 bits per heavy atom. The van der Waals surface area contributed by atoms with Crippen LogP contribution in [0, 0.1) is 0 Å². The lowest BCUT2D eigenvalue weighted by molar-refractivity contribution is 0.101. The number of Topliss-reactive ketones (excluding diaryl/α,β-unsaturated/α-hetero) is 1. The summed E-state index contributed by atoms with van der Waals surface area (Å²) in [6, 6.07) is 15.6. The molecule has 3 rings (SSSR count). The number of ether oxygens (including phenoxy) is 1. The third-order valence-corrected chi connectivity index (χ3v) is 3.81. The van der Waals surface area contributed by atoms with Gasteiger partial charge < -0.3 is 15.4 Å². The number of carbonyl (C=O) groups excluding carboxylic acids is 2. The van der Waals surface area contributed by atoms with E-state index in [1.165, 1.54) is 13.3 Å². The standard InChI is InChI=1S/C20H18N4O3/c1-13(25)14-3-5-15(6-4-14)23-19-11-18(21-12-22-19)20(26)24-16-7-9-17(27-2)10-8-16/h3-12H,1-2H3,(H,24,26)(H,21,22,23).